The topological polar surface area (TPSA) is 56.9 Å². The van der Waals surface area contributed by atoms with Gasteiger partial charge in [-0.15, -0.1) is 0 Å². The van der Waals surface area contributed by atoms with Gasteiger partial charge in [-0.25, -0.2) is 0 Å². The van der Waals surface area contributed by atoms with E-state index in [0.717, 1.165) is 18.5 Å². The highest BCUT2D eigenvalue weighted by molar-refractivity contribution is 6.39. The molecule has 0 spiro atoms. The number of hydrogen-bond donors (Lipinski definition) is 3. The van der Waals surface area contributed by atoms with E-state index in [1.807, 2.05) is 18.3 Å². The molecule has 0 fully saturated rings. The van der Waals surface area contributed by atoms with Crippen molar-refractivity contribution in [3.63, 3.8) is 0 Å². The molecule has 3 N–H and O–H groups in total. The van der Waals surface area contributed by atoms with Crippen molar-refractivity contribution in [2.24, 2.45) is 0 Å². The number of rotatable bonds is 7. The predicted octanol–water partition coefficient (Wildman–Crippen LogP) is 4.64. The van der Waals surface area contributed by atoms with Gasteiger partial charge in [0.1, 0.15) is 0 Å². The third kappa shape index (κ3) is 4.54. The van der Waals surface area contributed by atoms with Gasteiger partial charge in [-0.05, 0) is 36.7 Å². The molecule has 0 radical (unpaired) electrons. The van der Waals surface area contributed by atoms with Crippen LogP contribution in [0.2, 0.25) is 10.0 Å². The molecular weight excluding hydrogens is 357 g/mol. The first-order chi connectivity index (χ1) is 12.1. The fraction of sp³-hybridized carbons (Fsp3) is 0.211. The average molecular weight is 376 g/mol. The zero-order valence-electron chi connectivity index (χ0n) is 13.6. The number of aromatic nitrogens is 1. The standard InChI is InChI=1S/C19H19Cl2N3O/c20-15-5-3-6-16(21)19(15)24-18(25)9-11-22-10-8-13-12-23-17-7-2-1-4-14(13)17/h1-7,12,22-23H,8-11H2,(H,24,25). The van der Waals surface area contributed by atoms with Crippen LogP contribution in [0.4, 0.5) is 5.69 Å². The molecule has 4 nitrogen and oxygen atoms in total. The lowest BCUT2D eigenvalue weighted by Gasteiger charge is -2.09. The van der Waals surface area contributed by atoms with Crippen LogP contribution in [-0.2, 0) is 11.2 Å². The second-order valence-corrected chi connectivity index (χ2v) is 6.57. The molecule has 0 aliphatic heterocycles. The van der Waals surface area contributed by atoms with Crippen molar-refractivity contribution in [1.29, 1.82) is 0 Å². The maximum Gasteiger partial charge on any atom is 0.225 e. The molecule has 2 aromatic carbocycles. The number of carbonyl (C=O) groups is 1. The largest absolute Gasteiger partial charge is 0.361 e. The second-order valence-electron chi connectivity index (χ2n) is 5.75. The Balaban J connectivity index is 1.42. The van der Waals surface area contributed by atoms with Crippen molar-refractivity contribution >= 4 is 45.7 Å². The van der Waals surface area contributed by atoms with Crippen molar-refractivity contribution in [3.8, 4) is 0 Å². The quantitative estimate of drug-likeness (QED) is 0.527. The van der Waals surface area contributed by atoms with E-state index in [4.69, 9.17) is 23.2 Å². The molecule has 0 bridgehead atoms. The van der Waals surface area contributed by atoms with Crippen molar-refractivity contribution in [2.45, 2.75) is 12.8 Å². The highest BCUT2D eigenvalue weighted by atomic mass is 35.5. The predicted molar refractivity (Wildman–Crippen MR) is 105 cm³/mol. The van der Waals surface area contributed by atoms with Gasteiger partial charge in [-0.1, -0.05) is 47.5 Å². The molecule has 1 aromatic heterocycles. The van der Waals surface area contributed by atoms with Crippen LogP contribution in [-0.4, -0.2) is 24.0 Å². The Bertz CT molecular complexity index is 856. The highest BCUT2D eigenvalue weighted by Crippen LogP contribution is 2.29. The van der Waals surface area contributed by atoms with Gasteiger partial charge < -0.3 is 15.6 Å². The van der Waals surface area contributed by atoms with Gasteiger partial charge in [0.15, 0.2) is 0 Å². The third-order valence-corrected chi connectivity index (χ3v) is 4.63. The number of H-pyrrole nitrogens is 1. The summed E-state index contributed by atoms with van der Waals surface area (Å²) in [5.41, 5.74) is 2.89. The normalized spacial score (nSPS) is 11.0. The summed E-state index contributed by atoms with van der Waals surface area (Å²) in [6.07, 6.45) is 3.30. The first-order valence-corrected chi connectivity index (χ1v) is 8.90. The molecule has 0 atom stereocenters. The van der Waals surface area contributed by atoms with Crippen LogP contribution in [0.25, 0.3) is 10.9 Å². The number of carbonyl (C=O) groups excluding carboxylic acids is 1. The summed E-state index contributed by atoms with van der Waals surface area (Å²) < 4.78 is 0. The van der Waals surface area contributed by atoms with E-state index in [9.17, 15) is 4.79 Å². The molecule has 0 saturated heterocycles. The molecule has 25 heavy (non-hydrogen) atoms. The number of nitrogens with one attached hydrogen (secondary N) is 3. The Morgan fingerprint density at radius 3 is 2.56 bits per heavy atom. The fourth-order valence-corrected chi connectivity index (χ4v) is 3.20. The molecule has 1 amide bonds. The maximum absolute atomic E-state index is 12.0. The Morgan fingerprint density at radius 1 is 1.00 bits per heavy atom. The summed E-state index contributed by atoms with van der Waals surface area (Å²) in [5.74, 6) is -0.116. The molecule has 0 aliphatic rings. The summed E-state index contributed by atoms with van der Waals surface area (Å²) >= 11 is 12.1. The van der Waals surface area contributed by atoms with E-state index < -0.39 is 0 Å². The molecule has 6 heteroatoms. The lowest BCUT2D eigenvalue weighted by Crippen LogP contribution is -2.23. The molecule has 0 aliphatic carbocycles. The Hall–Kier alpha value is -2.01. The molecular formula is C19H19Cl2N3O. The number of para-hydroxylation sites is 2. The molecule has 1 heterocycles. The third-order valence-electron chi connectivity index (χ3n) is 4.00. The van der Waals surface area contributed by atoms with Crippen molar-refractivity contribution < 1.29 is 4.79 Å². The number of anilines is 1. The van der Waals surface area contributed by atoms with Gasteiger partial charge in [-0.2, -0.15) is 0 Å². The van der Waals surface area contributed by atoms with E-state index in [0.29, 0.717) is 28.7 Å². The summed E-state index contributed by atoms with van der Waals surface area (Å²) in [6.45, 7) is 1.40. The lowest BCUT2D eigenvalue weighted by atomic mass is 10.1. The van der Waals surface area contributed by atoms with Crippen LogP contribution in [0.5, 0.6) is 0 Å². The smallest absolute Gasteiger partial charge is 0.225 e. The number of benzene rings is 2. The Labute approximate surface area is 156 Å². The molecule has 130 valence electrons. The van der Waals surface area contributed by atoms with Gasteiger partial charge in [0, 0.05) is 30.1 Å². The molecule has 3 rings (SSSR count). The van der Waals surface area contributed by atoms with Crippen LogP contribution in [0, 0.1) is 0 Å². The van der Waals surface area contributed by atoms with Crippen LogP contribution >= 0.6 is 23.2 Å². The first kappa shape index (κ1) is 17.8. The van der Waals surface area contributed by atoms with E-state index in [-0.39, 0.29) is 5.91 Å². The zero-order chi connectivity index (χ0) is 17.6. The molecule has 3 aromatic rings. The van der Waals surface area contributed by atoms with Crippen LogP contribution in [0.15, 0.2) is 48.7 Å². The summed E-state index contributed by atoms with van der Waals surface area (Å²) in [6, 6.07) is 13.4. The minimum Gasteiger partial charge on any atom is -0.361 e. The summed E-state index contributed by atoms with van der Waals surface area (Å²) in [4.78, 5) is 15.3. The van der Waals surface area contributed by atoms with E-state index >= 15 is 0 Å². The van der Waals surface area contributed by atoms with Gasteiger partial charge in [0.2, 0.25) is 5.91 Å². The number of amides is 1. The molecule has 0 unspecified atom stereocenters. The minimum atomic E-state index is -0.116. The lowest BCUT2D eigenvalue weighted by molar-refractivity contribution is -0.116. The van der Waals surface area contributed by atoms with Crippen LogP contribution < -0.4 is 10.6 Å². The SMILES string of the molecule is O=C(CCNCCc1c[nH]c2ccccc12)Nc1c(Cl)cccc1Cl. The summed E-state index contributed by atoms with van der Waals surface area (Å²) in [7, 11) is 0. The van der Waals surface area contributed by atoms with Crippen LogP contribution in [0.1, 0.15) is 12.0 Å². The minimum absolute atomic E-state index is 0.116. The van der Waals surface area contributed by atoms with Gasteiger partial charge in [-0.3, -0.25) is 4.79 Å². The number of aromatic amines is 1. The van der Waals surface area contributed by atoms with Crippen molar-refractivity contribution in [2.75, 3.05) is 18.4 Å². The average Bonchev–Trinajstić information content (AvgIpc) is 3.01. The Morgan fingerprint density at radius 2 is 1.76 bits per heavy atom. The number of hydrogen-bond acceptors (Lipinski definition) is 2. The second kappa shape index (κ2) is 8.39. The first-order valence-electron chi connectivity index (χ1n) is 8.15. The van der Waals surface area contributed by atoms with Gasteiger partial charge in [0.05, 0.1) is 15.7 Å². The molecule has 0 saturated carbocycles. The van der Waals surface area contributed by atoms with Crippen LogP contribution in [0.3, 0.4) is 0 Å². The van der Waals surface area contributed by atoms with E-state index in [1.165, 1.54) is 10.9 Å². The summed E-state index contributed by atoms with van der Waals surface area (Å²) in [5, 5.41) is 8.17. The van der Waals surface area contributed by atoms with Crippen molar-refractivity contribution in [1.82, 2.24) is 10.3 Å². The number of fused-ring (bicyclic) bond motifs is 1. The fourth-order valence-electron chi connectivity index (χ4n) is 2.71. The van der Waals surface area contributed by atoms with Gasteiger partial charge in [0.25, 0.3) is 0 Å². The van der Waals surface area contributed by atoms with Crippen molar-refractivity contribution in [3.05, 3.63) is 64.3 Å². The highest BCUT2D eigenvalue weighted by Gasteiger charge is 2.09. The maximum atomic E-state index is 12.0. The monoisotopic (exact) mass is 375 g/mol. The Kier molecular flexibility index (Phi) is 5.97. The number of halogens is 2. The van der Waals surface area contributed by atoms with E-state index in [1.54, 1.807) is 18.2 Å². The van der Waals surface area contributed by atoms with E-state index in [2.05, 4.69) is 27.8 Å². The van der Waals surface area contributed by atoms with Gasteiger partial charge >= 0.3 is 0 Å². The zero-order valence-corrected chi connectivity index (χ0v) is 15.1.